The number of nitrogens with one attached hydrogen (secondary N) is 3. The number of fused-ring (bicyclic) bond motifs is 2. The summed E-state index contributed by atoms with van der Waals surface area (Å²) in [6, 6.07) is -0.264. The van der Waals surface area contributed by atoms with E-state index in [9.17, 15) is 9.59 Å². The minimum Gasteiger partial charge on any atom is -0.338 e. The zero-order valence-electron chi connectivity index (χ0n) is 11.2. The quantitative estimate of drug-likeness (QED) is 0.700. The van der Waals surface area contributed by atoms with Gasteiger partial charge in [-0.05, 0) is 44.9 Å². The van der Waals surface area contributed by atoms with E-state index in [1.54, 1.807) is 0 Å². The highest BCUT2D eigenvalue weighted by molar-refractivity contribution is 5.96. The minimum absolute atomic E-state index is 0.247. The molecule has 18 heavy (non-hydrogen) atoms. The van der Waals surface area contributed by atoms with Crippen LogP contribution in [0, 0.1) is 11.8 Å². The second-order valence-corrected chi connectivity index (χ2v) is 5.52. The maximum atomic E-state index is 11.8. The Bertz CT molecular complexity index is 332. The molecule has 2 bridgehead atoms. The van der Waals surface area contributed by atoms with Crippen molar-refractivity contribution >= 4 is 11.9 Å². The first-order chi connectivity index (χ1) is 8.60. The molecular formula is C13H23N3O2. The predicted octanol–water partition coefficient (Wildman–Crippen LogP) is 0.999. The van der Waals surface area contributed by atoms with Crippen molar-refractivity contribution in [2.24, 2.45) is 11.8 Å². The van der Waals surface area contributed by atoms with Crippen molar-refractivity contribution < 1.29 is 9.59 Å². The van der Waals surface area contributed by atoms with Crippen LogP contribution < -0.4 is 16.0 Å². The highest BCUT2D eigenvalue weighted by atomic mass is 16.2. The van der Waals surface area contributed by atoms with E-state index in [1.165, 1.54) is 25.7 Å². The Morgan fingerprint density at radius 2 is 2.06 bits per heavy atom. The summed E-state index contributed by atoms with van der Waals surface area (Å²) in [6.07, 6.45) is 5.13. The third-order valence-corrected chi connectivity index (χ3v) is 4.17. The molecule has 4 unspecified atom stereocenters. The Kier molecular flexibility index (Phi) is 4.22. The number of carbonyl (C=O) groups excluding carboxylic acids is 2. The van der Waals surface area contributed by atoms with Gasteiger partial charge in [0, 0.05) is 12.6 Å². The molecule has 2 aliphatic carbocycles. The second kappa shape index (κ2) is 5.69. The molecule has 5 heteroatoms. The summed E-state index contributed by atoms with van der Waals surface area (Å²) in [5.41, 5.74) is 0. The minimum atomic E-state index is -0.413. The van der Waals surface area contributed by atoms with Crippen LogP contribution in [0.4, 0.5) is 4.79 Å². The lowest BCUT2D eigenvalue weighted by Crippen LogP contribution is -2.51. The van der Waals surface area contributed by atoms with Crippen LogP contribution in [0.25, 0.3) is 0 Å². The summed E-state index contributed by atoms with van der Waals surface area (Å²) in [5.74, 6) is 1.34. The van der Waals surface area contributed by atoms with E-state index in [4.69, 9.17) is 0 Å². The largest absolute Gasteiger partial charge is 0.338 e. The molecule has 0 aromatic rings. The molecule has 2 aliphatic rings. The van der Waals surface area contributed by atoms with E-state index in [0.717, 1.165) is 11.8 Å². The Labute approximate surface area is 108 Å². The van der Waals surface area contributed by atoms with Crippen molar-refractivity contribution in [3.63, 3.8) is 0 Å². The fraction of sp³-hybridized carbons (Fsp3) is 0.846. The molecule has 0 aromatic heterocycles. The van der Waals surface area contributed by atoms with E-state index in [1.807, 2.05) is 13.8 Å². The predicted molar refractivity (Wildman–Crippen MR) is 69.0 cm³/mol. The molecular weight excluding hydrogens is 230 g/mol. The zero-order chi connectivity index (χ0) is 13.1. The molecule has 2 saturated carbocycles. The van der Waals surface area contributed by atoms with E-state index in [-0.39, 0.29) is 11.9 Å². The molecule has 2 fully saturated rings. The van der Waals surface area contributed by atoms with Gasteiger partial charge in [-0.2, -0.15) is 0 Å². The molecule has 0 saturated heterocycles. The van der Waals surface area contributed by atoms with Gasteiger partial charge in [-0.25, -0.2) is 4.79 Å². The van der Waals surface area contributed by atoms with Crippen LogP contribution in [0.15, 0.2) is 0 Å². The molecule has 0 spiro atoms. The van der Waals surface area contributed by atoms with Crippen molar-refractivity contribution in [1.29, 1.82) is 0 Å². The van der Waals surface area contributed by atoms with Gasteiger partial charge in [-0.15, -0.1) is 0 Å². The fourth-order valence-corrected chi connectivity index (χ4v) is 3.27. The summed E-state index contributed by atoms with van der Waals surface area (Å²) in [7, 11) is 0. The number of amides is 3. The third-order valence-electron chi connectivity index (χ3n) is 4.17. The van der Waals surface area contributed by atoms with Crippen LogP contribution in [-0.4, -0.2) is 30.6 Å². The van der Waals surface area contributed by atoms with Gasteiger partial charge in [0.05, 0.1) is 6.04 Å². The van der Waals surface area contributed by atoms with E-state index < -0.39 is 6.03 Å². The first-order valence-corrected chi connectivity index (χ1v) is 6.95. The van der Waals surface area contributed by atoms with Crippen molar-refractivity contribution in [2.75, 3.05) is 6.54 Å². The molecule has 0 aliphatic heterocycles. The molecule has 0 aromatic carbocycles. The molecule has 0 heterocycles. The number of hydrogen-bond donors (Lipinski definition) is 3. The summed E-state index contributed by atoms with van der Waals surface area (Å²) in [4.78, 5) is 23.0. The molecule has 4 atom stereocenters. The number of carbonyl (C=O) groups is 2. The SMILES string of the molecule is CCNC(=O)NC(=O)C(C)NC1CC2CCC1C2. The van der Waals surface area contributed by atoms with Gasteiger partial charge in [0.15, 0.2) is 0 Å². The average Bonchev–Trinajstić information content (AvgIpc) is 2.90. The maximum Gasteiger partial charge on any atom is 0.321 e. The van der Waals surface area contributed by atoms with Gasteiger partial charge < -0.3 is 10.6 Å². The van der Waals surface area contributed by atoms with Crippen molar-refractivity contribution in [3.05, 3.63) is 0 Å². The molecule has 3 amide bonds. The average molecular weight is 253 g/mol. The fourth-order valence-electron chi connectivity index (χ4n) is 3.27. The number of rotatable bonds is 4. The number of imide groups is 1. The lowest BCUT2D eigenvalue weighted by Gasteiger charge is -2.26. The first kappa shape index (κ1) is 13.3. The van der Waals surface area contributed by atoms with Crippen LogP contribution in [0.2, 0.25) is 0 Å². The Balaban J connectivity index is 1.75. The van der Waals surface area contributed by atoms with Crippen molar-refractivity contribution in [3.8, 4) is 0 Å². The highest BCUT2D eigenvalue weighted by Crippen LogP contribution is 2.44. The topological polar surface area (TPSA) is 70.2 Å². The monoisotopic (exact) mass is 253 g/mol. The molecule has 3 N–H and O–H groups in total. The number of hydrogen-bond acceptors (Lipinski definition) is 3. The standard InChI is InChI=1S/C13H23N3O2/c1-3-14-13(18)16-12(17)8(2)15-11-7-9-4-5-10(11)6-9/h8-11,15H,3-7H2,1-2H3,(H2,14,16,17,18). The Morgan fingerprint density at radius 3 is 2.61 bits per heavy atom. The summed E-state index contributed by atoms with van der Waals surface area (Å²) >= 11 is 0. The Morgan fingerprint density at radius 1 is 1.28 bits per heavy atom. The van der Waals surface area contributed by atoms with Crippen LogP contribution in [0.5, 0.6) is 0 Å². The summed E-state index contributed by atoms with van der Waals surface area (Å²) < 4.78 is 0. The van der Waals surface area contributed by atoms with Crippen LogP contribution in [0.1, 0.15) is 39.5 Å². The lowest BCUT2D eigenvalue weighted by molar-refractivity contribution is -0.121. The second-order valence-electron chi connectivity index (χ2n) is 5.52. The lowest BCUT2D eigenvalue weighted by atomic mass is 9.95. The van der Waals surface area contributed by atoms with Gasteiger partial charge in [0.1, 0.15) is 0 Å². The molecule has 0 radical (unpaired) electrons. The third kappa shape index (κ3) is 3.02. The molecule has 5 nitrogen and oxygen atoms in total. The van der Waals surface area contributed by atoms with E-state index in [2.05, 4.69) is 16.0 Å². The summed E-state index contributed by atoms with van der Waals surface area (Å²) in [6.45, 7) is 4.16. The van der Waals surface area contributed by atoms with Crippen LogP contribution in [0.3, 0.4) is 0 Å². The van der Waals surface area contributed by atoms with E-state index in [0.29, 0.717) is 12.6 Å². The molecule has 102 valence electrons. The maximum absolute atomic E-state index is 11.8. The van der Waals surface area contributed by atoms with Gasteiger partial charge >= 0.3 is 6.03 Å². The molecule has 2 rings (SSSR count). The van der Waals surface area contributed by atoms with Gasteiger partial charge in [0.25, 0.3) is 0 Å². The van der Waals surface area contributed by atoms with Crippen LogP contribution >= 0.6 is 0 Å². The van der Waals surface area contributed by atoms with E-state index >= 15 is 0 Å². The van der Waals surface area contributed by atoms with Crippen molar-refractivity contribution in [1.82, 2.24) is 16.0 Å². The van der Waals surface area contributed by atoms with Crippen molar-refractivity contribution in [2.45, 2.75) is 51.6 Å². The first-order valence-electron chi connectivity index (χ1n) is 6.95. The van der Waals surface area contributed by atoms with Gasteiger partial charge in [-0.3, -0.25) is 10.1 Å². The smallest absolute Gasteiger partial charge is 0.321 e. The van der Waals surface area contributed by atoms with Gasteiger partial charge in [0.2, 0.25) is 5.91 Å². The Hall–Kier alpha value is -1.10. The van der Waals surface area contributed by atoms with Crippen LogP contribution in [-0.2, 0) is 4.79 Å². The zero-order valence-corrected chi connectivity index (χ0v) is 11.2. The number of urea groups is 1. The highest BCUT2D eigenvalue weighted by Gasteiger charge is 2.40. The normalized spacial score (nSPS) is 31.1. The van der Waals surface area contributed by atoms with Gasteiger partial charge in [-0.1, -0.05) is 6.42 Å². The summed E-state index contributed by atoms with van der Waals surface area (Å²) in [5, 5.41) is 8.27.